The molecule has 3 heterocycles. The Kier molecular flexibility index (Phi) is 6.87. The fourth-order valence-electron chi connectivity index (χ4n) is 4.36. The van der Waals surface area contributed by atoms with E-state index in [0.29, 0.717) is 25.2 Å². The topological polar surface area (TPSA) is 133 Å². The van der Waals surface area contributed by atoms with Crippen molar-refractivity contribution >= 4 is 43.1 Å². The van der Waals surface area contributed by atoms with Crippen molar-refractivity contribution < 1.29 is 26.4 Å². The summed E-state index contributed by atoms with van der Waals surface area (Å²) in [6.07, 6.45) is 4.16. The van der Waals surface area contributed by atoms with Gasteiger partial charge in [-0.15, -0.1) is 0 Å². The smallest absolute Gasteiger partial charge is 0.271 e. The average Bonchev–Trinajstić information content (AvgIpc) is 2.97. The van der Waals surface area contributed by atoms with Gasteiger partial charge in [-0.3, -0.25) is 9.59 Å². The van der Waals surface area contributed by atoms with E-state index in [1.165, 1.54) is 16.4 Å². The summed E-state index contributed by atoms with van der Waals surface area (Å²) in [4.78, 5) is 25.2. The number of hydrogen-bond acceptors (Lipinski definition) is 7. The van der Waals surface area contributed by atoms with E-state index in [1.807, 2.05) is 0 Å². The van der Waals surface area contributed by atoms with Crippen LogP contribution in [0.15, 0.2) is 34.3 Å². The van der Waals surface area contributed by atoms with Crippen LogP contribution in [0.2, 0.25) is 0 Å². The first-order valence-electron chi connectivity index (χ1n) is 11.2. The molecular formula is C21H28N4O6S2. The maximum Gasteiger partial charge on any atom is 0.271 e. The number of amides is 2. The summed E-state index contributed by atoms with van der Waals surface area (Å²) in [5.74, 6) is -1.01. The van der Waals surface area contributed by atoms with Crippen LogP contribution in [0.1, 0.15) is 44.9 Å². The second kappa shape index (κ2) is 9.51. The quantitative estimate of drug-likeness (QED) is 0.654. The molecule has 1 N–H and O–H groups in total. The summed E-state index contributed by atoms with van der Waals surface area (Å²) in [6, 6.07) is 5.54. The van der Waals surface area contributed by atoms with Crippen molar-refractivity contribution in [2.75, 3.05) is 29.9 Å². The number of hydrogen-bond donors (Lipinski definition) is 1. The molecule has 0 radical (unpaired) electrons. The fourth-order valence-corrected chi connectivity index (χ4v) is 7.61. The molecule has 2 amide bonds. The number of carbonyl (C=O) groups excluding carboxylic acids is 2. The number of sulfonamides is 1. The zero-order valence-electron chi connectivity index (χ0n) is 18.3. The van der Waals surface area contributed by atoms with E-state index in [-0.39, 0.29) is 40.9 Å². The second-order valence-electron chi connectivity index (χ2n) is 8.64. The van der Waals surface area contributed by atoms with E-state index in [2.05, 4.69) is 10.4 Å². The predicted molar refractivity (Wildman–Crippen MR) is 123 cm³/mol. The molecule has 4 rings (SSSR count). The lowest BCUT2D eigenvalue weighted by Gasteiger charge is -2.27. The van der Waals surface area contributed by atoms with Gasteiger partial charge in [-0.2, -0.15) is 9.41 Å². The molecule has 0 aromatic heterocycles. The molecule has 1 aromatic rings. The maximum absolute atomic E-state index is 13.1. The van der Waals surface area contributed by atoms with Crippen LogP contribution in [-0.2, 0) is 29.4 Å². The lowest BCUT2D eigenvalue weighted by atomic mass is 10.1. The Morgan fingerprint density at radius 1 is 1.09 bits per heavy atom. The number of anilines is 1. The Morgan fingerprint density at radius 2 is 1.82 bits per heavy atom. The summed E-state index contributed by atoms with van der Waals surface area (Å²) >= 11 is 0. The molecule has 0 saturated carbocycles. The lowest BCUT2D eigenvalue weighted by molar-refractivity contribution is -0.133. The van der Waals surface area contributed by atoms with Crippen LogP contribution in [0.5, 0.6) is 0 Å². The summed E-state index contributed by atoms with van der Waals surface area (Å²) in [5.41, 5.74) is 0.421. The van der Waals surface area contributed by atoms with Crippen molar-refractivity contribution in [3.63, 3.8) is 0 Å². The third kappa shape index (κ3) is 5.44. The molecule has 180 valence electrons. The maximum atomic E-state index is 13.1. The standard InChI is InChI=1S/C21H28N4O6S2/c26-20-9-8-19(23-25(20)17-10-13-32(28,29)15-17)21(27)22-16-6-5-7-18(14-16)33(30,31)24-11-3-1-2-4-12-24/h5-7,14,17H,1-4,8-13,15H2,(H,22,27)/t17-/m1/s1. The minimum atomic E-state index is -3.66. The van der Waals surface area contributed by atoms with Crippen molar-refractivity contribution in [3.05, 3.63) is 24.3 Å². The molecule has 1 aromatic carbocycles. The van der Waals surface area contributed by atoms with E-state index in [4.69, 9.17) is 0 Å². The van der Waals surface area contributed by atoms with Gasteiger partial charge in [0.15, 0.2) is 9.84 Å². The molecule has 0 spiro atoms. The molecule has 0 bridgehead atoms. The van der Waals surface area contributed by atoms with Gasteiger partial charge in [0.2, 0.25) is 15.9 Å². The van der Waals surface area contributed by atoms with Crippen LogP contribution >= 0.6 is 0 Å². The first-order chi connectivity index (χ1) is 15.7. The highest BCUT2D eigenvalue weighted by atomic mass is 32.2. The molecule has 0 aliphatic carbocycles. The second-order valence-corrected chi connectivity index (χ2v) is 12.8. The van der Waals surface area contributed by atoms with Crippen molar-refractivity contribution in [2.45, 2.75) is 55.9 Å². The Labute approximate surface area is 194 Å². The lowest BCUT2D eigenvalue weighted by Crippen LogP contribution is -2.42. The van der Waals surface area contributed by atoms with Gasteiger partial charge >= 0.3 is 0 Å². The molecule has 3 aliphatic rings. The van der Waals surface area contributed by atoms with Gasteiger partial charge in [-0.05, 0) is 37.5 Å². The highest BCUT2D eigenvalue weighted by molar-refractivity contribution is 7.91. The van der Waals surface area contributed by atoms with E-state index in [1.54, 1.807) is 12.1 Å². The Bertz CT molecular complexity index is 1170. The van der Waals surface area contributed by atoms with Crippen molar-refractivity contribution in [2.24, 2.45) is 5.10 Å². The van der Waals surface area contributed by atoms with E-state index >= 15 is 0 Å². The molecule has 3 aliphatic heterocycles. The monoisotopic (exact) mass is 496 g/mol. The van der Waals surface area contributed by atoms with Gasteiger partial charge in [0.25, 0.3) is 5.91 Å². The van der Waals surface area contributed by atoms with Gasteiger partial charge in [-0.1, -0.05) is 18.9 Å². The molecule has 12 heteroatoms. The summed E-state index contributed by atoms with van der Waals surface area (Å²) in [5, 5.41) is 7.96. The number of rotatable bonds is 5. The zero-order chi connectivity index (χ0) is 23.6. The summed E-state index contributed by atoms with van der Waals surface area (Å²) < 4.78 is 51.2. The number of nitrogens with one attached hydrogen (secondary N) is 1. The summed E-state index contributed by atoms with van der Waals surface area (Å²) in [6.45, 7) is 0.965. The molecule has 10 nitrogen and oxygen atoms in total. The van der Waals surface area contributed by atoms with Gasteiger partial charge < -0.3 is 5.32 Å². The molecule has 2 saturated heterocycles. The Balaban J connectivity index is 1.49. The first kappa shape index (κ1) is 23.8. The largest absolute Gasteiger partial charge is 0.321 e. The van der Waals surface area contributed by atoms with Gasteiger partial charge in [0, 0.05) is 31.6 Å². The first-order valence-corrected chi connectivity index (χ1v) is 14.4. The SMILES string of the molecule is O=C(Nc1cccc(S(=O)(=O)N2CCCCCC2)c1)C1=NN([C@@H]2CCS(=O)(=O)C2)C(=O)CC1. The number of sulfone groups is 1. The summed E-state index contributed by atoms with van der Waals surface area (Å²) in [7, 11) is -6.87. The van der Waals surface area contributed by atoms with Gasteiger partial charge in [0.1, 0.15) is 5.71 Å². The average molecular weight is 497 g/mol. The van der Waals surface area contributed by atoms with Gasteiger partial charge in [0.05, 0.1) is 22.4 Å². The molecule has 33 heavy (non-hydrogen) atoms. The molecule has 0 unspecified atom stereocenters. The van der Waals surface area contributed by atoms with Crippen LogP contribution in [0, 0.1) is 0 Å². The van der Waals surface area contributed by atoms with E-state index in [9.17, 15) is 26.4 Å². The Hall–Kier alpha value is -2.31. The minimum absolute atomic E-state index is 0.00319. The molecular weight excluding hydrogens is 468 g/mol. The number of benzene rings is 1. The van der Waals surface area contributed by atoms with E-state index in [0.717, 1.165) is 30.7 Å². The highest BCUT2D eigenvalue weighted by Crippen LogP contribution is 2.24. The highest BCUT2D eigenvalue weighted by Gasteiger charge is 2.37. The third-order valence-corrected chi connectivity index (χ3v) is 9.82. The minimum Gasteiger partial charge on any atom is -0.321 e. The van der Waals surface area contributed by atoms with Crippen LogP contribution < -0.4 is 5.32 Å². The van der Waals surface area contributed by atoms with Crippen molar-refractivity contribution in [1.82, 2.24) is 9.31 Å². The van der Waals surface area contributed by atoms with Gasteiger partial charge in [-0.25, -0.2) is 21.8 Å². The van der Waals surface area contributed by atoms with Crippen LogP contribution in [0.25, 0.3) is 0 Å². The van der Waals surface area contributed by atoms with Crippen molar-refractivity contribution in [1.29, 1.82) is 0 Å². The normalized spacial score (nSPS) is 24.2. The Morgan fingerprint density at radius 3 is 2.48 bits per heavy atom. The van der Waals surface area contributed by atoms with E-state index < -0.39 is 31.8 Å². The van der Waals surface area contributed by atoms with Crippen LogP contribution in [0.3, 0.4) is 0 Å². The van der Waals surface area contributed by atoms with Crippen LogP contribution in [0.4, 0.5) is 5.69 Å². The van der Waals surface area contributed by atoms with Crippen LogP contribution in [-0.4, -0.2) is 74.3 Å². The zero-order valence-corrected chi connectivity index (χ0v) is 19.9. The number of carbonyl (C=O) groups is 2. The molecule has 2 fully saturated rings. The van der Waals surface area contributed by atoms with Crippen molar-refractivity contribution in [3.8, 4) is 0 Å². The molecule has 1 atom stereocenters. The fraction of sp³-hybridized carbons (Fsp3) is 0.571. The predicted octanol–water partition coefficient (Wildman–Crippen LogP) is 1.36. The third-order valence-electron chi connectivity index (χ3n) is 6.17. The number of nitrogens with zero attached hydrogens (tertiary/aromatic N) is 3. The number of hydrazone groups is 1.